The lowest BCUT2D eigenvalue weighted by molar-refractivity contribution is -0.0770. The van der Waals surface area contributed by atoms with E-state index >= 15 is 0 Å². The molecule has 1 aromatic carbocycles. The summed E-state index contributed by atoms with van der Waals surface area (Å²) in [6, 6.07) is 12.0. The molecule has 0 unspecified atom stereocenters. The first-order valence-electron chi connectivity index (χ1n) is 10.5. The Bertz CT molecular complexity index is 827. The summed E-state index contributed by atoms with van der Waals surface area (Å²) in [4.78, 5) is 17.9. The predicted octanol–water partition coefficient (Wildman–Crippen LogP) is 2.37. The molecular formula is C23H31N3O3. The summed E-state index contributed by atoms with van der Waals surface area (Å²) < 4.78 is 8.21. The number of benzene rings is 1. The summed E-state index contributed by atoms with van der Waals surface area (Å²) in [6.07, 6.45) is 3.26. The third kappa shape index (κ3) is 4.25. The fraction of sp³-hybridized carbons (Fsp3) is 0.522. The standard InChI is InChI=1S/C23H31N3O3/c1-17-20(10-11-24(17)2)23(28)26-14-15-29-21(16-25-12-8-19(27)9-13-25)22(26)18-6-4-3-5-7-18/h3-7,10-11,19,21-22,27H,8-9,12-16H2,1-2H3/t21-,22-/m0/s1. The summed E-state index contributed by atoms with van der Waals surface area (Å²) in [6.45, 7) is 5.62. The number of morpholine rings is 1. The molecule has 0 bridgehead atoms. The topological polar surface area (TPSA) is 57.9 Å². The van der Waals surface area contributed by atoms with Gasteiger partial charge in [0.2, 0.25) is 0 Å². The maximum Gasteiger partial charge on any atom is 0.256 e. The van der Waals surface area contributed by atoms with E-state index in [2.05, 4.69) is 17.0 Å². The highest BCUT2D eigenvalue weighted by Gasteiger charge is 2.38. The first kappa shape index (κ1) is 20.1. The number of nitrogens with zero attached hydrogens (tertiary/aromatic N) is 3. The van der Waals surface area contributed by atoms with Gasteiger partial charge >= 0.3 is 0 Å². The van der Waals surface area contributed by atoms with Crippen LogP contribution >= 0.6 is 0 Å². The Morgan fingerprint density at radius 2 is 1.86 bits per heavy atom. The van der Waals surface area contributed by atoms with Crippen molar-refractivity contribution in [3.8, 4) is 0 Å². The molecule has 0 spiro atoms. The van der Waals surface area contributed by atoms with Crippen molar-refractivity contribution in [2.75, 3.05) is 32.8 Å². The molecular weight excluding hydrogens is 366 g/mol. The van der Waals surface area contributed by atoms with Crippen LogP contribution in [0.25, 0.3) is 0 Å². The second-order valence-corrected chi connectivity index (χ2v) is 8.22. The number of piperidine rings is 1. The van der Waals surface area contributed by atoms with Gasteiger partial charge in [-0.2, -0.15) is 0 Å². The highest BCUT2D eigenvalue weighted by atomic mass is 16.5. The van der Waals surface area contributed by atoms with Gasteiger partial charge in [0.05, 0.1) is 30.4 Å². The number of aliphatic hydroxyl groups excluding tert-OH is 1. The smallest absolute Gasteiger partial charge is 0.256 e. The third-order valence-electron chi connectivity index (χ3n) is 6.36. The van der Waals surface area contributed by atoms with E-state index in [0.29, 0.717) is 13.2 Å². The fourth-order valence-electron chi connectivity index (χ4n) is 4.50. The number of aromatic nitrogens is 1. The first-order chi connectivity index (χ1) is 14.0. The van der Waals surface area contributed by atoms with E-state index in [1.165, 1.54) is 0 Å². The highest BCUT2D eigenvalue weighted by Crippen LogP contribution is 2.32. The molecule has 2 atom stereocenters. The van der Waals surface area contributed by atoms with Gasteiger partial charge in [0, 0.05) is 45.1 Å². The quantitative estimate of drug-likeness (QED) is 0.861. The van der Waals surface area contributed by atoms with Crippen LogP contribution in [0.5, 0.6) is 0 Å². The molecule has 2 aliphatic rings. The average Bonchev–Trinajstić information content (AvgIpc) is 3.08. The molecule has 1 aromatic heterocycles. The van der Waals surface area contributed by atoms with E-state index in [4.69, 9.17) is 4.74 Å². The lowest BCUT2D eigenvalue weighted by atomic mass is 9.95. The van der Waals surface area contributed by atoms with E-state index in [0.717, 1.165) is 49.3 Å². The van der Waals surface area contributed by atoms with Crippen LogP contribution in [0.1, 0.15) is 40.5 Å². The number of carbonyl (C=O) groups excluding carboxylic acids is 1. The number of aryl methyl sites for hydroxylation is 1. The van der Waals surface area contributed by atoms with Crippen molar-refractivity contribution in [3.63, 3.8) is 0 Å². The van der Waals surface area contributed by atoms with E-state index < -0.39 is 0 Å². The lowest BCUT2D eigenvalue weighted by Gasteiger charge is -2.44. The van der Waals surface area contributed by atoms with Gasteiger partial charge in [0.1, 0.15) is 0 Å². The summed E-state index contributed by atoms with van der Waals surface area (Å²) in [5.41, 5.74) is 2.85. The van der Waals surface area contributed by atoms with Crippen molar-refractivity contribution < 1.29 is 14.6 Å². The van der Waals surface area contributed by atoms with Gasteiger partial charge in [-0.25, -0.2) is 0 Å². The van der Waals surface area contributed by atoms with Crippen molar-refractivity contribution >= 4 is 5.91 Å². The van der Waals surface area contributed by atoms with Gasteiger partial charge < -0.3 is 24.2 Å². The summed E-state index contributed by atoms with van der Waals surface area (Å²) in [5, 5.41) is 9.82. The van der Waals surface area contributed by atoms with Gasteiger partial charge in [-0.15, -0.1) is 0 Å². The number of aliphatic hydroxyl groups is 1. The van der Waals surface area contributed by atoms with Crippen LogP contribution in [-0.2, 0) is 11.8 Å². The van der Waals surface area contributed by atoms with Crippen molar-refractivity contribution in [1.82, 2.24) is 14.4 Å². The van der Waals surface area contributed by atoms with E-state index in [1.807, 2.05) is 53.9 Å². The Morgan fingerprint density at radius 3 is 2.52 bits per heavy atom. The van der Waals surface area contributed by atoms with Crippen LogP contribution in [0, 0.1) is 6.92 Å². The molecule has 2 saturated heterocycles. The van der Waals surface area contributed by atoms with Crippen LogP contribution in [0.3, 0.4) is 0 Å². The molecule has 1 amide bonds. The number of carbonyl (C=O) groups is 1. The van der Waals surface area contributed by atoms with Crippen molar-refractivity contribution in [2.45, 2.75) is 38.0 Å². The SMILES string of the molecule is Cc1c(C(=O)N2CCO[C@@H](CN3CCC(O)CC3)[C@@H]2c2ccccc2)ccn1C. The normalized spacial score (nSPS) is 24.0. The average molecular weight is 398 g/mol. The number of likely N-dealkylation sites (tertiary alicyclic amines) is 1. The third-order valence-corrected chi connectivity index (χ3v) is 6.36. The van der Waals surface area contributed by atoms with Gasteiger partial charge in [-0.1, -0.05) is 30.3 Å². The van der Waals surface area contributed by atoms with Gasteiger partial charge in [-0.3, -0.25) is 4.79 Å². The fourth-order valence-corrected chi connectivity index (χ4v) is 4.50. The zero-order valence-corrected chi connectivity index (χ0v) is 17.3. The molecule has 0 aliphatic carbocycles. The monoisotopic (exact) mass is 397 g/mol. The largest absolute Gasteiger partial charge is 0.393 e. The van der Waals surface area contributed by atoms with E-state index in [1.54, 1.807) is 0 Å². The van der Waals surface area contributed by atoms with Crippen molar-refractivity contribution in [1.29, 1.82) is 0 Å². The minimum absolute atomic E-state index is 0.0688. The molecule has 0 saturated carbocycles. The van der Waals surface area contributed by atoms with Crippen molar-refractivity contribution in [3.05, 3.63) is 59.4 Å². The molecule has 0 radical (unpaired) electrons. The summed E-state index contributed by atoms with van der Waals surface area (Å²) >= 11 is 0. The van der Waals surface area contributed by atoms with Gasteiger partial charge in [0.15, 0.2) is 0 Å². The van der Waals surface area contributed by atoms with Crippen LogP contribution in [0.15, 0.2) is 42.6 Å². The van der Waals surface area contributed by atoms with Gasteiger partial charge in [0.25, 0.3) is 5.91 Å². The lowest BCUT2D eigenvalue weighted by Crippen LogP contribution is -2.52. The zero-order valence-electron chi connectivity index (χ0n) is 17.3. The summed E-state index contributed by atoms with van der Waals surface area (Å²) in [5.74, 6) is 0.0688. The van der Waals surface area contributed by atoms with Crippen LogP contribution < -0.4 is 0 Å². The second-order valence-electron chi connectivity index (χ2n) is 8.22. The Hall–Kier alpha value is -2.15. The molecule has 2 fully saturated rings. The minimum atomic E-state index is -0.192. The first-order valence-corrected chi connectivity index (χ1v) is 10.5. The van der Waals surface area contributed by atoms with E-state index in [9.17, 15) is 9.90 Å². The maximum atomic E-state index is 13.5. The molecule has 6 heteroatoms. The molecule has 6 nitrogen and oxygen atoms in total. The minimum Gasteiger partial charge on any atom is -0.393 e. The Balaban J connectivity index is 1.61. The number of ether oxygens (including phenoxy) is 1. The van der Waals surface area contributed by atoms with Crippen LogP contribution in [0.4, 0.5) is 0 Å². The number of hydrogen-bond acceptors (Lipinski definition) is 4. The molecule has 4 rings (SSSR count). The second kappa shape index (κ2) is 8.69. The Labute approximate surface area is 172 Å². The van der Waals surface area contributed by atoms with E-state index in [-0.39, 0.29) is 24.2 Å². The molecule has 2 aliphatic heterocycles. The Kier molecular flexibility index (Phi) is 6.04. The van der Waals surface area contributed by atoms with Crippen LogP contribution in [-0.4, -0.2) is 70.4 Å². The number of amides is 1. The summed E-state index contributed by atoms with van der Waals surface area (Å²) in [7, 11) is 1.97. The highest BCUT2D eigenvalue weighted by molar-refractivity contribution is 5.95. The Morgan fingerprint density at radius 1 is 1.14 bits per heavy atom. The molecule has 29 heavy (non-hydrogen) atoms. The predicted molar refractivity (Wildman–Crippen MR) is 112 cm³/mol. The van der Waals surface area contributed by atoms with Crippen molar-refractivity contribution in [2.24, 2.45) is 7.05 Å². The zero-order chi connectivity index (χ0) is 20.4. The number of hydrogen-bond donors (Lipinski definition) is 1. The molecule has 1 N–H and O–H groups in total. The van der Waals surface area contributed by atoms with Crippen LogP contribution in [0.2, 0.25) is 0 Å². The molecule has 2 aromatic rings. The maximum absolute atomic E-state index is 13.5. The number of rotatable bonds is 4. The molecule has 156 valence electrons. The molecule has 3 heterocycles. The van der Waals surface area contributed by atoms with Gasteiger partial charge in [-0.05, 0) is 31.4 Å².